The number of aromatic nitrogens is 2. The minimum absolute atomic E-state index is 0.564. The van der Waals surface area contributed by atoms with E-state index in [1.807, 2.05) is 24.1 Å². The van der Waals surface area contributed by atoms with Crippen molar-refractivity contribution < 1.29 is 4.74 Å². The van der Waals surface area contributed by atoms with E-state index in [1.165, 1.54) is 5.56 Å². The highest BCUT2D eigenvalue weighted by molar-refractivity contribution is 5.56. The van der Waals surface area contributed by atoms with Crippen molar-refractivity contribution in [3.05, 3.63) is 42.1 Å². The third-order valence-electron chi connectivity index (χ3n) is 2.55. The standard InChI is InChI=1S/C13H15N3O/c1-10-4-6-11(7-5-10)16(2)13-14-9-8-12(15-13)17-3/h4-9H,1-3H3. The van der Waals surface area contributed by atoms with Crippen LogP contribution in [0.25, 0.3) is 0 Å². The van der Waals surface area contributed by atoms with Gasteiger partial charge in [-0.05, 0) is 19.1 Å². The Kier molecular flexibility index (Phi) is 3.23. The lowest BCUT2D eigenvalue weighted by molar-refractivity contribution is 0.397. The summed E-state index contributed by atoms with van der Waals surface area (Å²) in [4.78, 5) is 10.4. The van der Waals surface area contributed by atoms with Crippen molar-refractivity contribution in [3.63, 3.8) is 0 Å². The van der Waals surface area contributed by atoms with Gasteiger partial charge < -0.3 is 9.64 Å². The van der Waals surface area contributed by atoms with Crippen molar-refractivity contribution in [1.82, 2.24) is 9.97 Å². The zero-order chi connectivity index (χ0) is 12.3. The summed E-state index contributed by atoms with van der Waals surface area (Å²) in [5.41, 5.74) is 2.28. The van der Waals surface area contributed by atoms with Crippen molar-refractivity contribution in [1.29, 1.82) is 0 Å². The lowest BCUT2D eigenvalue weighted by atomic mass is 10.2. The SMILES string of the molecule is COc1ccnc(N(C)c2ccc(C)cc2)n1. The number of anilines is 2. The van der Waals surface area contributed by atoms with E-state index in [4.69, 9.17) is 4.74 Å². The molecule has 0 aliphatic rings. The number of nitrogens with zero attached hydrogens (tertiary/aromatic N) is 3. The second-order valence-electron chi connectivity index (χ2n) is 3.79. The molecule has 0 atom stereocenters. The maximum atomic E-state index is 5.08. The summed E-state index contributed by atoms with van der Waals surface area (Å²) in [6.07, 6.45) is 1.69. The van der Waals surface area contributed by atoms with Gasteiger partial charge in [-0.1, -0.05) is 17.7 Å². The summed E-state index contributed by atoms with van der Waals surface area (Å²) in [5.74, 6) is 1.18. The largest absolute Gasteiger partial charge is 0.481 e. The van der Waals surface area contributed by atoms with Crippen molar-refractivity contribution >= 4 is 11.6 Å². The Bertz CT molecular complexity index is 496. The van der Waals surface area contributed by atoms with Crippen molar-refractivity contribution in [3.8, 4) is 5.88 Å². The minimum Gasteiger partial charge on any atom is -0.481 e. The molecule has 0 aliphatic heterocycles. The average Bonchev–Trinajstić information content (AvgIpc) is 2.39. The van der Waals surface area contributed by atoms with Crippen LogP contribution in [-0.2, 0) is 0 Å². The van der Waals surface area contributed by atoms with Gasteiger partial charge in [-0.15, -0.1) is 0 Å². The van der Waals surface area contributed by atoms with Gasteiger partial charge >= 0.3 is 0 Å². The quantitative estimate of drug-likeness (QED) is 0.810. The molecule has 1 heterocycles. The van der Waals surface area contributed by atoms with E-state index in [0.29, 0.717) is 11.8 Å². The molecule has 4 heteroatoms. The molecule has 0 spiro atoms. The Labute approximate surface area is 101 Å². The molecule has 0 bridgehead atoms. The molecule has 0 saturated carbocycles. The van der Waals surface area contributed by atoms with Crippen LogP contribution in [-0.4, -0.2) is 24.1 Å². The van der Waals surface area contributed by atoms with Gasteiger partial charge in [0.1, 0.15) is 0 Å². The first-order chi connectivity index (χ1) is 8.20. The predicted octanol–water partition coefficient (Wildman–Crippen LogP) is 2.56. The summed E-state index contributed by atoms with van der Waals surface area (Å²) in [6, 6.07) is 9.93. The highest BCUT2D eigenvalue weighted by atomic mass is 16.5. The number of benzene rings is 1. The van der Waals surface area contributed by atoms with Crippen LogP contribution in [0.15, 0.2) is 36.5 Å². The average molecular weight is 229 g/mol. The van der Waals surface area contributed by atoms with Gasteiger partial charge in [0, 0.05) is 25.0 Å². The van der Waals surface area contributed by atoms with Crippen LogP contribution < -0.4 is 9.64 Å². The van der Waals surface area contributed by atoms with Crippen LogP contribution in [0.4, 0.5) is 11.6 Å². The summed E-state index contributed by atoms with van der Waals surface area (Å²) in [7, 11) is 3.53. The van der Waals surface area contributed by atoms with Crippen molar-refractivity contribution in [2.45, 2.75) is 6.92 Å². The Morgan fingerprint density at radius 3 is 2.47 bits per heavy atom. The van der Waals surface area contributed by atoms with Crippen LogP contribution >= 0.6 is 0 Å². The number of hydrogen-bond acceptors (Lipinski definition) is 4. The smallest absolute Gasteiger partial charge is 0.232 e. The maximum absolute atomic E-state index is 5.08. The van der Waals surface area contributed by atoms with Gasteiger partial charge in [0.25, 0.3) is 0 Å². The molecule has 88 valence electrons. The second kappa shape index (κ2) is 4.82. The molecule has 0 saturated heterocycles. The minimum atomic E-state index is 0.564. The number of ether oxygens (including phenoxy) is 1. The molecule has 2 rings (SSSR count). The molecule has 17 heavy (non-hydrogen) atoms. The molecule has 0 radical (unpaired) electrons. The number of aryl methyl sites for hydroxylation is 1. The molecule has 2 aromatic rings. The van der Waals surface area contributed by atoms with E-state index in [-0.39, 0.29) is 0 Å². The summed E-state index contributed by atoms with van der Waals surface area (Å²) in [6.45, 7) is 2.06. The first-order valence-electron chi connectivity index (χ1n) is 5.38. The van der Waals surface area contributed by atoms with Gasteiger partial charge in [0.2, 0.25) is 11.8 Å². The van der Waals surface area contributed by atoms with Crippen LogP contribution in [0.2, 0.25) is 0 Å². The Morgan fingerprint density at radius 2 is 1.82 bits per heavy atom. The van der Waals surface area contributed by atoms with Crippen LogP contribution in [0, 0.1) is 6.92 Å². The van der Waals surface area contributed by atoms with Gasteiger partial charge in [0.05, 0.1) is 7.11 Å². The Morgan fingerprint density at radius 1 is 1.12 bits per heavy atom. The molecule has 0 N–H and O–H groups in total. The monoisotopic (exact) mass is 229 g/mol. The van der Waals surface area contributed by atoms with Gasteiger partial charge in [0.15, 0.2) is 0 Å². The molecule has 0 fully saturated rings. The summed E-state index contributed by atoms with van der Waals surface area (Å²) >= 11 is 0. The lowest BCUT2D eigenvalue weighted by Crippen LogP contribution is -2.13. The Balaban J connectivity index is 2.29. The first kappa shape index (κ1) is 11.4. The molecular formula is C13H15N3O. The zero-order valence-corrected chi connectivity index (χ0v) is 10.2. The molecule has 4 nitrogen and oxygen atoms in total. The van der Waals surface area contributed by atoms with Gasteiger partial charge in [-0.3, -0.25) is 0 Å². The van der Waals surface area contributed by atoms with Crippen molar-refractivity contribution in [2.24, 2.45) is 0 Å². The van der Waals surface area contributed by atoms with E-state index in [1.54, 1.807) is 19.4 Å². The van der Waals surface area contributed by atoms with Crippen LogP contribution in [0.5, 0.6) is 5.88 Å². The van der Waals surface area contributed by atoms with E-state index >= 15 is 0 Å². The first-order valence-corrected chi connectivity index (χ1v) is 5.38. The number of rotatable bonds is 3. The third-order valence-corrected chi connectivity index (χ3v) is 2.55. The van der Waals surface area contributed by atoms with Gasteiger partial charge in [-0.2, -0.15) is 4.98 Å². The van der Waals surface area contributed by atoms with E-state index in [0.717, 1.165) is 5.69 Å². The van der Waals surface area contributed by atoms with E-state index in [9.17, 15) is 0 Å². The zero-order valence-electron chi connectivity index (χ0n) is 10.2. The molecule has 0 unspecified atom stereocenters. The Hall–Kier alpha value is -2.10. The third kappa shape index (κ3) is 2.53. The normalized spacial score (nSPS) is 10.1. The van der Waals surface area contributed by atoms with Crippen LogP contribution in [0.1, 0.15) is 5.56 Å². The molecule has 1 aromatic heterocycles. The second-order valence-corrected chi connectivity index (χ2v) is 3.79. The maximum Gasteiger partial charge on any atom is 0.232 e. The summed E-state index contributed by atoms with van der Waals surface area (Å²) in [5, 5.41) is 0. The molecule has 0 amide bonds. The fourth-order valence-corrected chi connectivity index (χ4v) is 1.49. The summed E-state index contributed by atoms with van der Waals surface area (Å²) < 4.78 is 5.08. The fourth-order valence-electron chi connectivity index (χ4n) is 1.49. The molecule has 0 aliphatic carbocycles. The molecular weight excluding hydrogens is 214 g/mol. The highest BCUT2D eigenvalue weighted by Crippen LogP contribution is 2.21. The highest BCUT2D eigenvalue weighted by Gasteiger charge is 2.07. The van der Waals surface area contributed by atoms with E-state index in [2.05, 4.69) is 29.0 Å². The molecule has 1 aromatic carbocycles. The topological polar surface area (TPSA) is 38.2 Å². The van der Waals surface area contributed by atoms with Crippen molar-refractivity contribution in [2.75, 3.05) is 19.1 Å². The van der Waals surface area contributed by atoms with Gasteiger partial charge in [-0.25, -0.2) is 4.98 Å². The van der Waals surface area contributed by atoms with Crippen LogP contribution in [0.3, 0.4) is 0 Å². The lowest BCUT2D eigenvalue weighted by Gasteiger charge is -2.17. The predicted molar refractivity (Wildman–Crippen MR) is 67.8 cm³/mol. The van der Waals surface area contributed by atoms with E-state index < -0.39 is 0 Å². The number of methoxy groups -OCH3 is 1. The fraction of sp³-hybridized carbons (Fsp3) is 0.231. The number of hydrogen-bond donors (Lipinski definition) is 0.